The third-order valence-corrected chi connectivity index (χ3v) is 3.82. The van der Waals surface area contributed by atoms with E-state index in [2.05, 4.69) is 31.7 Å². The number of hydrogen-bond acceptors (Lipinski definition) is 3. The Bertz CT molecular complexity index is 314. The van der Waals surface area contributed by atoms with Gasteiger partial charge in [0.25, 0.3) is 0 Å². The first-order valence-electron chi connectivity index (χ1n) is 7.46. The molecule has 1 atom stereocenters. The first-order valence-corrected chi connectivity index (χ1v) is 7.46. The molecule has 0 saturated carbocycles. The van der Waals surface area contributed by atoms with Crippen molar-refractivity contribution >= 4 is 5.91 Å². The molecule has 0 bridgehead atoms. The molecule has 0 aromatic heterocycles. The van der Waals surface area contributed by atoms with Gasteiger partial charge in [0.1, 0.15) is 0 Å². The number of carbonyl (C=O) groups is 1. The number of likely N-dealkylation sites (N-methyl/N-ethyl adjacent to an activating group) is 1. The van der Waals surface area contributed by atoms with Crippen LogP contribution in [-0.2, 0) is 4.79 Å². The predicted molar refractivity (Wildman–Crippen MR) is 76.5 cm³/mol. The summed E-state index contributed by atoms with van der Waals surface area (Å²) in [6, 6.07) is 2.33. The van der Waals surface area contributed by atoms with E-state index < -0.39 is 0 Å². The highest BCUT2D eigenvalue weighted by atomic mass is 16.2. The summed E-state index contributed by atoms with van der Waals surface area (Å²) in [5.41, 5.74) is 0. The quantitative estimate of drug-likeness (QED) is 0.739. The molecular formula is C15H27N3O. The Labute approximate surface area is 117 Å². The van der Waals surface area contributed by atoms with Crippen molar-refractivity contribution in [1.82, 2.24) is 9.80 Å². The Morgan fingerprint density at radius 3 is 2.37 bits per heavy atom. The van der Waals surface area contributed by atoms with Gasteiger partial charge in [-0.3, -0.25) is 4.79 Å². The van der Waals surface area contributed by atoms with Crippen molar-refractivity contribution in [3.63, 3.8) is 0 Å². The summed E-state index contributed by atoms with van der Waals surface area (Å²) >= 11 is 0. The first kappa shape index (κ1) is 16.0. The van der Waals surface area contributed by atoms with Crippen LogP contribution >= 0.6 is 0 Å². The van der Waals surface area contributed by atoms with E-state index in [0.717, 1.165) is 39.1 Å². The molecule has 1 saturated heterocycles. The second-order valence-electron chi connectivity index (χ2n) is 5.81. The van der Waals surface area contributed by atoms with Gasteiger partial charge < -0.3 is 9.80 Å². The lowest BCUT2D eigenvalue weighted by molar-refractivity contribution is -0.133. The molecule has 1 aliphatic heterocycles. The fraction of sp³-hybridized carbons (Fsp3) is 0.867. The van der Waals surface area contributed by atoms with E-state index in [1.807, 2.05) is 4.90 Å². The standard InChI is InChI=1S/C15H27N3O/c1-4-17-7-9-18(10-8-17)15(19)6-5-14(12-16)11-13(2)3/h13-14H,4-11H2,1-3H3. The summed E-state index contributed by atoms with van der Waals surface area (Å²) in [6.45, 7) is 11.1. The predicted octanol–water partition coefficient (Wildman–Crippen LogP) is 2.12. The van der Waals surface area contributed by atoms with Gasteiger partial charge in [0.2, 0.25) is 5.91 Å². The molecule has 19 heavy (non-hydrogen) atoms. The van der Waals surface area contributed by atoms with Gasteiger partial charge in [-0.15, -0.1) is 0 Å². The number of rotatable bonds is 6. The summed E-state index contributed by atoms with van der Waals surface area (Å²) in [7, 11) is 0. The summed E-state index contributed by atoms with van der Waals surface area (Å²) in [5.74, 6) is 0.772. The normalized spacial score (nSPS) is 18.4. The van der Waals surface area contributed by atoms with E-state index >= 15 is 0 Å². The van der Waals surface area contributed by atoms with E-state index in [4.69, 9.17) is 5.26 Å². The van der Waals surface area contributed by atoms with Crippen LogP contribution in [0.1, 0.15) is 40.0 Å². The van der Waals surface area contributed by atoms with Crippen LogP contribution in [0.4, 0.5) is 0 Å². The SMILES string of the molecule is CCN1CCN(C(=O)CCC(C#N)CC(C)C)CC1. The van der Waals surface area contributed by atoms with Crippen molar-refractivity contribution in [3.05, 3.63) is 0 Å². The maximum absolute atomic E-state index is 12.1. The molecule has 1 fully saturated rings. The van der Waals surface area contributed by atoms with Crippen LogP contribution in [-0.4, -0.2) is 48.4 Å². The smallest absolute Gasteiger partial charge is 0.222 e. The van der Waals surface area contributed by atoms with E-state index in [1.54, 1.807) is 0 Å². The molecule has 0 aliphatic carbocycles. The van der Waals surface area contributed by atoms with Crippen LogP contribution < -0.4 is 0 Å². The highest BCUT2D eigenvalue weighted by molar-refractivity contribution is 5.76. The number of nitriles is 1. The Morgan fingerprint density at radius 1 is 1.26 bits per heavy atom. The molecular weight excluding hydrogens is 238 g/mol. The van der Waals surface area contributed by atoms with Crippen LogP contribution in [0.5, 0.6) is 0 Å². The van der Waals surface area contributed by atoms with Gasteiger partial charge in [-0.25, -0.2) is 0 Å². The molecule has 4 heteroatoms. The van der Waals surface area contributed by atoms with Gasteiger partial charge in [-0.2, -0.15) is 5.26 Å². The molecule has 1 amide bonds. The third kappa shape index (κ3) is 5.61. The van der Waals surface area contributed by atoms with Gasteiger partial charge >= 0.3 is 0 Å². The molecule has 0 aromatic carbocycles. The van der Waals surface area contributed by atoms with Gasteiger partial charge in [0, 0.05) is 38.5 Å². The highest BCUT2D eigenvalue weighted by Crippen LogP contribution is 2.17. The zero-order chi connectivity index (χ0) is 14.3. The second kappa shape index (κ2) is 8.16. The Kier molecular flexibility index (Phi) is 6.86. The van der Waals surface area contributed by atoms with Crippen LogP contribution in [0.25, 0.3) is 0 Å². The summed E-state index contributed by atoms with van der Waals surface area (Å²) in [4.78, 5) is 16.4. The number of hydrogen-bond donors (Lipinski definition) is 0. The average Bonchev–Trinajstić information content (AvgIpc) is 2.42. The minimum Gasteiger partial charge on any atom is -0.340 e. The lowest BCUT2D eigenvalue weighted by Gasteiger charge is -2.34. The number of nitrogens with zero attached hydrogens (tertiary/aromatic N) is 3. The topological polar surface area (TPSA) is 47.3 Å². The van der Waals surface area contributed by atoms with Crippen LogP contribution in [0, 0.1) is 23.2 Å². The van der Waals surface area contributed by atoms with Gasteiger partial charge in [-0.1, -0.05) is 20.8 Å². The van der Waals surface area contributed by atoms with Crippen molar-refractivity contribution in [2.24, 2.45) is 11.8 Å². The van der Waals surface area contributed by atoms with E-state index in [-0.39, 0.29) is 11.8 Å². The van der Waals surface area contributed by atoms with E-state index in [9.17, 15) is 4.79 Å². The van der Waals surface area contributed by atoms with Crippen LogP contribution in [0.15, 0.2) is 0 Å². The summed E-state index contributed by atoms with van der Waals surface area (Å²) in [5, 5.41) is 9.08. The molecule has 1 rings (SSSR count). The number of carbonyl (C=O) groups excluding carboxylic acids is 1. The molecule has 1 aliphatic rings. The maximum atomic E-state index is 12.1. The monoisotopic (exact) mass is 265 g/mol. The van der Waals surface area contributed by atoms with Crippen molar-refractivity contribution in [1.29, 1.82) is 5.26 Å². The van der Waals surface area contributed by atoms with Crippen molar-refractivity contribution in [2.75, 3.05) is 32.7 Å². The molecule has 4 nitrogen and oxygen atoms in total. The molecule has 1 heterocycles. The zero-order valence-electron chi connectivity index (χ0n) is 12.6. The fourth-order valence-electron chi connectivity index (χ4n) is 2.57. The average molecular weight is 265 g/mol. The molecule has 0 radical (unpaired) electrons. The number of amides is 1. The largest absolute Gasteiger partial charge is 0.340 e. The van der Waals surface area contributed by atoms with Crippen LogP contribution in [0.3, 0.4) is 0 Å². The van der Waals surface area contributed by atoms with Gasteiger partial charge in [-0.05, 0) is 25.3 Å². The Balaban J connectivity index is 2.29. The van der Waals surface area contributed by atoms with Crippen molar-refractivity contribution in [2.45, 2.75) is 40.0 Å². The first-order chi connectivity index (χ1) is 9.06. The maximum Gasteiger partial charge on any atom is 0.222 e. The summed E-state index contributed by atoms with van der Waals surface area (Å²) < 4.78 is 0. The second-order valence-corrected chi connectivity index (χ2v) is 5.81. The fourth-order valence-corrected chi connectivity index (χ4v) is 2.57. The van der Waals surface area contributed by atoms with Crippen molar-refractivity contribution in [3.8, 4) is 6.07 Å². The minimum absolute atomic E-state index is 0.0286. The third-order valence-electron chi connectivity index (χ3n) is 3.82. The van der Waals surface area contributed by atoms with Crippen molar-refractivity contribution < 1.29 is 4.79 Å². The molecule has 0 N–H and O–H groups in total. The van der Waals surface area contributed by atoms with Gasteiger partial charge in [0.15, 0.2) is 0 Å². The van der Waals surface area contributed by atoms with E-state index in [0.29, 0.717) is 18.8 Å². The Hall–Kier alpha value is -1.08. The highest BCUT2D eigenvalue weighted by Gasteiger charge is 2.21. The molecule has 1 unspecified atom stereocenters. The minimum atomic E-state index is 0.0286. The zero-order valence-corrected chi connectivity index (χ0v) is 12.6. The lowest BCUT2D eigenvalue weighted by atomic mass is 9.94. The molecule has 108 valence electrons. The summed E-state index contributed by atoms with van der Waals surface area (Å²) in [6.07, 6.45) is 2.13. The molecule has 0 aromatic rings. The Morgan fingerprint density at radius 2 is 1.89 bits per heavy atom. The lowest BCUT2D eigenvalue weighted by Crippen LogP contribution is -2.48. The van der Waals surface area contributed by atoms with Gasteiger partial charge in [0.05, 0.1) is 6.07 Å². The molecule has 0 spiro atoms. The van der Waals surface area contributed by atoms with E-state index in [1.165, 1.54) is 0 Å². The van der Waals surface area contributed by atoms with Crippen LogP contribution in [0.2, 0.25) is 0 Å². The number of piperazine rings is 1.